The Morgan fingerprint density at radius 2 is 1.38 bits per heavy atom. The Balaban J connectivity index is 1.53. The highest BCUT2D eigenvalue weighted by Gasteiger charge is 2.33. The molecule has 0 spiro atoms. The summed E-state index contributed by atoms with van der Waals surface area (Å²) in [5.41, 5.74) is 1.14. The standard InChI is InChI=1S/C25H21F2N3O3S/c26-18-10-12-20(13-11-18)34(31,32)24-25(33-23(28-24)21-8-4-5-9-22(21)27)30-16-14-29(15-17-30)19-6-2-1-3-7-19/h1-13H,14-17H2. The average Bonchev–Trinajstić information content (AvgIpc) is 3.31. The predicted molar refractivity (Wildman–Crippen MR) is 125 cm³/mol. The van der Waals surface area contributed by atoms with Gasteiger partial charge in [-0.15, -0.1) is 0 Å². The lowest BCUT2D eigenvalue weighted by Gasteiger charge is -2.36. The Bertz CT molecular complexity index is 1400. The maximum Gasteiger partial charge on any atom is 0.236 e. The molecular formula is C25H21F2N3O3S. The van der Waals surface area contributed by atoms with E-state index in [0.717, 1.165) is 17.8 Å². The van der Waals surface area contributed by atoms with Gasteiger partial charge in [-0.1, -0.05) is 30.3 Å². The quantitative estimate of drug-likeness (QED) is 0.382. The van der Waals surface area contributed by atoms with E-state index in [1.807, 2.05) is 30.3 Å². The predicted octanol–water partition coefficient (Wildman–Crippen LogP) is 4.78. The summed E-state index contributed by atoms with van der Waals surface area (Å²) in [6.45, 7) is 2.23. The number of anilines is 2. The van der Waals surface area contributed by atoms with E-state index in [2.05, 4.69) is 9.88 Å². The van der Waals surface area contributed by atoms with Crippen LogP contribution >= 0.6 is 0 Å². The number of hydrogen-bond donors (Lipinski definition) is 0. The van der Waals surface area contributed by atoms with Gasteiger partial charge in [-0.3, -0.25) is 0 Å². The van der Waals surface area contributed by atoms with E-state index in [0.29, 0.717) is 26.2 Å². The van der Waals surface area contributed by atoms with Crippen LogP contribution in [0.15, 0.2) is 93.2 Å². The molecule has 0 radical (unpaired) electrons. The van der Waals surface area contributed by atoms with Crippen LogP contribution in [-0.4, -0.2) is 39.6 Å². The van der Waals surface area contributed by atoms with E-state index >= 15 is 0 Å². The molecule has 9 heteroatoms. The Labute approximate surface area is 196 Å². The third-order valence-electron chi connectivity index (χ3n) is 5.75. The van der Waals surface area contributed by atoms with Gasteiger partial charge in [-0.25, -0.2) is 17.2 Å². The molecule has 1 fully saturated rings. The molecule has 34 heavy (non-hydrogen) atoms. The Hall–Kier alpha value is -3.72. The normalized spacial score (nSPS) is 14.4. The lowest BCUT2D eigenvalue weighted by Crippen LogP contribution is -2.46. The van der Waals surface area contributed by atoms with Crippen LogP contribution in [-0.2, 0) is 9.84 Å². The molecule has 0 saturated carbocycles. The number of hydrogen-bond acceptors (Lipinski definition) is 6. The highest BCUT2D eigenvalue weighted by molar-refractivity contribution is 7.91. The zero-order chi connectivity index (χ0) is 23.7. The van der Waals surface area contributed by atoms with E-state index < -0.39 is 21.5 Å². The average molecular weight is 482 g/mol. The van der Waals surface area contributed by atoms with E-state index in [1.165, 1.54) is 30.3 Å². The summed E-state index contributed by atoms with van der Waals surface area (Å²) in [7, 11) is -4.15. The van der Waals surface area contributed by atoms with Gasteiger partial charge >= 0.3 is 0 Å². The van der Waals surface area contributed by atoms with Crippen LogP contribution in [0.2, 0.25) is 0 Å². The van der Waals surface area contributed by atoms with Crippen molar-refractivity contribution in [2.45, 2.75) is 9.92 Å². The van der Waals surface area contributed by atoms with Crippen molar-refractivity contribution in [3.63, 3.8) is 0 Å². The topological polar surface area (TPSA) is 66.7 Å². The number of piperazine rings is 1. The fourth-order valence-corrected chi connectivity index (χ4v) is 5.28. The molecule has 4 aromatic rings. The number of halogens is 2. The SMILES string of the molecule is O=S(=O)(c1ccc(F)cc1)c1nc(-c2ccccc2F)oc1N1CCN(c2ccccc2)CC1. The van der Waals surface area contributed by atoms with E-state index in [-0.39, 0.29) is 27.3 Å². The molecule has 0 aliphatic carbocycles. The molecule has 0 N–H and O–H groups in total. The highest BCUT2D eigenvalue weighted by Crippen LogP contribution is 2.36. The van der Waals surface area contributed by atoms with Crippen LogP contribution in [0, 0.1) is 11.6 Å². The van der Waals surface area contributed by atoms with Gasteiger partial charge in [0.25, 0.3) is 0 Å². The second-order valence-corrected chi connectivity index (χ2v) is 9.74. The van der Waals surface area contributed by atoms with Gasteiger partial charge in [0.05, 0.1) is 10.5 Å². The smallest absolute Gasteiger partial charge is 0.236 e. The third-order valence-corrected chi connectivity index (χ3v) is 7.42. The molecule has 1 saturated heterocycles. The van der Waals surface area contributed by atoms with Gasteiger partial charge in [-0.2, -0.15) is 4.98 Å². The van der Waals surface area contributed by atoms with Crippen molar-refractivity contribution in [3.8, 4) is 11.5 Å². The lowest BCUT2D eigenvalue weighted by atomic mass is 10.2. The highest BCUT2D eigenvalue weighted by atomic mass is 32.2. The second kappa shape index (κ2) is 8.90. The zero-order valence-electron chi connectivity index (χ0n) is 18.1. The molecule has 1 aliphatic heterocycles. The van der Waals surface area contributed by atoms with Gasteiger partial charge < -0.3 is 14.2 Å². The molecule has 0 unspecified atom stereocenters. The summed E-state index contributed by atoms with van der Waals surface area (Å²) in [6.07, 6.45) is 0. The Morgan fingerprint density at radius 3 is 2.06 bits per heavy atom. The summed E-state index contributed by atoms with van der Waals surface area (Å²) >= 11 is 0. The number of rotatable bonds is 5. The summed E-state index contributed by atoms with van der Waals surface area (Å²) < 4.78 is 60.7. The van der Waals surface area contributed by atoms with Crippen LogP contribution in [0.3, 0.4) is 0 Å². The van der Waals surface area contributed by atoms with Crippen LogP contribution < -0.4 is 9.80 Å². The van der Waals surface area contributed by atoms with Crippen LogP contribution in [0.25, 0.3) is 11.5 Å². The minimum atomic E-state index is -4.15. The molecule has 6 nitrogen and oxygen atoms in total. The Morgan fingerprint density at radius 1 is 0.765 bits per heavy atom. The van der Waals surface area contributed by atoms with Crippen molar-refractivity contribution in [3.05, 3.63) is 90.5 Å². The van der Waals surface area contributed by atoms with Crippen LogP contribution in [0.5, 0.6) is 0 Å². The first-order chi connectivity index (χ1) is 16.4. The zero-order valence-corrected chi connectivity index (χ0v) is 18.9. The molecule has 1 aromatic heterocycles. The lowest BCUT2D eigenvalue weighted by molar-refractivity contribution is 0.521. The fraction of sp³-hybridized carbons (Fsp3) is 0.160. The van der Waals surface area contributed by atoms with Crippen LogP contribution in [0.1, 0.15) is 0 Å². The number of oxazole rings is 1. The van der Waals surface area contributed by atoms with E-state index in [9.17, 15) is 17.2 Å². The second-order valence-electron chi connectivity index (χ2n) is 7.88. The van der Waals surface area contributed by atoms with Gasteiger partial charge in [-0.05, 0) is 48.5 Å². The van der Waals surface area contributed by atoms with Crippen molar-refractivity contribution in [2.24, 2.45) is 0 Å². The third kappa shape index (κ3) is 4.14. The van der Waals surface area contributed by atoms with Gasteiger partial charge in [0.15, 0.2) is 0 Å². The number of benzene rings is 3. The summed E-state index contributed by atoms with van der Waals surface area (Å²) in [6, 6.07) is 20.3. The maximum atomic E-state index is 14.5. The molecule has 1 aliphatic rings. The molecule has 0 atom stereocenters. The van der Waals surface area contributed by atoms with Crippen molar-refractivity contribution < 1.29 is 21.6 Å². The Kier molecular flexibility index (Phi) is 5.79. The monoisotopic (exact) mass is 481 g/mol. The minimum Gasteiger partial charge on any atom is -0.419 e. The molecule has 174 valence electrons. The van der Waals surface area contributed by atoms with E-state index in [4.69, 9.17) is 4.42 Å². The maximum absolute atomic E-state index is 14.5. The first-order valence-corrected chi connectivity index (χ1v) is 12.2. The fourth-order valence-electron chi connectivity index (χ4n) is 3.95. The van der Waals surface area contributed by atoms with Gasteiger partial charge in [0.2, 0.25) is 26.6 Å². The first kappa shape index (κ1) is 22.1. The molecule has 3 aromatic carbocycles. The van der Waals surface area contributed by atoms with Crippen molar-refractivity contribution in [2.75, 3.05) is 36.0 Å². The van der Waals surface area contributed by atoms with Crippen molar-refractivity contribution in [1.29, 1.82) is 0 Å². The number of sulfone groups is 1. The number of nitrogens with zero attached hydrogens (tertiary/aromatic N) is 3. The van der Waals surface area contributed by atoms with Crippen molar-refractivity contribution >= 4 is 21.4 Å². The number of para-hydroxylation sites is 1. The number of aromatic nitrogens is 1. The molecule has 0 bridgehead atoms. The summed E-state index contributed by atoms with van der Waals surface area (Å²) in [4.78, 5) is 8.09. The van der Waals surface area contributed by atoms with Gasteiger partial charge in [0, 0.05) is 31.9 Å². The molecule has 0 amide bonds. The van der Waals surface area contributed by atoms with Crippen molar-refractivity contribution in [1.82, 2.24) is 4.98 Å². The van der Waals surface area contributed by atoms with Crippen LogP contribution in [0.4, 0.5) is 20.4 Å². The minimum absolute atomic E-state index is 0.0512. The van der Waals surface area contributed by atoms with Gasteiger partial charge in [0.1, 0.15) is 11.6 Å². The summed E-state index contributed by atoms with van der Waals surface area (Å²) in [5.74, 6) is -1.20. The molecule has 5 rings (SSSR count). The molecule has 2 heterocycles. The molecular weight excluding hydrogens is 460 g/mol. The summed E-state index contributed by atoms with van der Waals surface area (Å²) in [5, 5.41) is -0.314. The van der Waals surface area contributed by atoms with E-state index in [1.54, 1.807) is 11.0 Å². The first-order valence-electron chi connectivity index (χ1n) is 10.7. The largest absolute Gasteiger partial charge is 0.419 e.